The predicted molar refractivity (Wildman–Crippen MR) is 108 cm³/mol. The minimum absolute atomic E-state index is 0.0322. The number of carbonyl (C=O) groups is 1. The van der Waals surface area contributed by atoms with Gasteiger partial charge in [0.15, 0.2) is 6.54 Å². The van der Waals surface area contributed by atoms with Gasteiger partial charge >= 0.3 is 0 Å². The van der Waals surface area contributed by atoms with Crippen molar-refractivity contribution in [3.05, 3.63) is 80.2 Å². The Bertz CT molecular complexity index is 857. The van der Waals surface area contributed by atoms with Gasteiger partial charge in [-0.25, -0.2) is 0 Å². The Morgan fingerprint density at radius 2 is 2.00 bits per heavy atom. The van der Waals surface area contributed by atoms with Crippen molar-refractivity contribution in [2.75, 3.05) is 13.1 Å². The molecule has 0 spiro atoms. The lowest BCUT2D eigenvalue weighted by molar-refractivity contribution is -0.919. The van der Waals surface area contributed by atoms with Crippen LogP contribution in [-0.2, 0) is 11.2 Å². The van der Waals surface area contributed by atoms with Crippen molar-refractivity contribution in [2.45, 2.75) is 25.4 Å². The van der Waals surface area contributed by atoms with Gasteiger partial charge in [0.1, 0.15) is 6.04 Å². The summed E-state index contributed by atoms with van der Waals surface area (Å²) in [5.74, 6) is 0.122. The van der Waals surface area contributed by atoms with E-state index in [1.807, 2.05) is 36.5 Å². The molecule has 0 bridgehead atoms. The van der Waals surface area contributed by atoms with E-state index in [-0.39, 0.29) is 18.0 Å². The highest BCUT2D eigenvalue weighted by Crippen LogP contribution is 2.31. The average molecular weight is 384 g/mol. The average Bonchev–Trinajstić information content (AvgIpc) is 3.34. The Balaban J connectivity index is 1.49. The predicted octanol–water partition coefficient (Wildman–Crippen LogP) is 3.22. The van der Waals surface area contributed by atoms with Gasteiger partial charge in [-0.2, -0.15) is 0 Å². The number of thiophene rings is 2. The second-order valence-corrected chi connectivity index (χ2v) is 8.76. The van der Waals surface area contributed by atoms with Crippen LogP contribution >= 0.6 is 22.7 Å². The molecule has 0 aliphatic carbocycles. The van der Waals surface area contributed by atoms with Gasteiger partial charge in [-0.05, 0) is 35.4 Å². The van der Waals surface area contributed by atoms with Gasteiger partial charge in [-0.15, -0.1) is 22.7 Å². The van der Waals surface area contributed by atoms with Crippen molar-refractivity contribution in [1.29, 1.82) is 0 Å². The quantitative estimate of drug-likeness (QED) is 0.697. The number of fused-ring (bicyclic) bond motifs is 1. The normalized spacial score (nSPS) is 20.3. The standard InChI is InChI=1S/C21H22N2OS2/c1-15(16-6-3-2-4-7-16)22-20(24)14-23-11-9-18-17(10-13-26-18)21(23)19-8-5-12-25-19/h2-8,10,12-13,15,21H,9,11,14H2,1H3,(H,22,24)/p+1/t15-,21-/m1/s1. The number of hydrogen-bond donors (Lipinski definition) is 2. The third kappa shape index (κ3) is 3.61. The summed E-state index contributed by atoms with van der Waals surface area (Å²) in [6.07, 6.45) is 1.06. The minimum Gasteiger partial charge on any atom is -0.345 e. The van der Waals surface area contributed by atoms with Crippen LogP contribution in [0.15, 0.2) is 59.3 Å². The summed E-state index contributed by atoms with van der Waals surface area (Å²) in [6, 6.07) is 17.0. The van der Waals surface area contributed by atoms with Crippen molar-refractivity contribution in [2.24, 2.45) is 0 Å². The highest BCUT2D eigenvalue weighted by molar-refractivity contribution is 7.10. The van der Waals surface area contributed by atoms with Gasteiger partial charge < -0.3 is 10.2 Å². The van der Waals surface area contributed by atoms with Crippen LogP contribution in [0.25, 0.3) is 0 Å². The summed E-state index contributed by atoms with van der Waals surface area (Å²) in [5, 5.41) is 7.49. The maximum Gasteiger partial charge on any atom is 0.275 e. The zero-order valence-electron chi connectivity index (χ0n) is 14.8. The largest absolute Gasteiger partial charge is 0.345 e. The Kier molecular flexibility index (Phi) is 5.20. The first-order chi connectivity index (χ1) is 12.7. The Hall–Kier alpha value is -1.95. The summed E-state index contributed by atoms with van der Waals surface area (Å²) in [4.78, 5) is 16.9. The summed E-state index contributed by atoms with van der Waals surface area (Å²) >= 11 is 3.64. The van der Waals surface area contributed by atoms with E-state index in [0.29, 0.717) is 6.54 Å². The van der Waals surface area contributed by atoms with Crippen LogP contribution in [0.3, 0.4) is 0 Å². The summed E-state index contributed by atoms with van der Waals surface area (Å²) in [6.45, 7) is 3.56. The molecule has 0 saturated carbocycles. The van der Waals surface area contributed by atoms with Gasteiger partial charge in [-0.3, -0.25) is 4.79 Å². The van der Waals surface area contributed by atoms with Crippen LogP contribution in [0.4, 0.5) is 0 Å². The molecule has 3 nitrogen and oxygen atoms in total. The molecule has 26 heavy (non-hydrogen) atoms. The molecule has 3 heterocycles. The fraction of sp³-hybridized carbons (Fsp3) is 0.286. The van der Waals surface area contributed by atoms with Crippen molar-refractivity contribution in [1.82, 2.24) is 5.32 Å². The number of rotatable bonds is 5. The summed E-state index contributed by atoms with van der Waals surface area (Å²) < 4.78 is 0. The fourth-order valence-corrected chi connectivity index (χ4v) is 5.60. The fourth-order valence-electron chi connectivity index (χ4n) is 3.77. The van der Waals surface area contributed by atoms with E-state index >= 15 is 0 Å². The zero-order chi connectivity index (χ0) is 17.9. The number of carbonyl (C=O) groups excluding carboxylic acids is 1. The second kappa shape index (κ2) is 7.74. The van der Waals surface area contributed by atoms with E-state index in [4.69, 9.17) is 0 Å². The van der Waals surface area contributed by atoms with E-state index in [9.17, 15) is 4.79 Å². The van der Waals surface area contributed by atoms with Gasteiger partial charge in [0.2, 0.25) is 0 Å². The second-order valence-electron chi connectivity index (χ2n) is 6.78. The van der Waals surface area contributed by atoms with Crippen molar-refractivity contribution < 1.29 is 9.69 Å². The molecule has 0 fully saturated rings. The molecule has 1 amide bonds. The number of nitrogens with one attached hydrogen (secondary N) is 2. The first-order valence-electron chi connectivity index (χ1n) is 9.01. The summed E-state index contributed by atoms with van der Waals surface area (Å²) in [5.41, 5.74) is 2.55. The number of benzene rings is 1. The molecule has 134 valence electrons. The first-order valence-corrected chi connectivity index (χ1v) is 10.8. The monoisotopic (exact) mass is 383 g/mol. The van der Waals surface area contributed by atoms with Crippen LogP contribution in [-0.4, -0.2) is 19.0 Å². The maximum absolute atomic E-state index is 12.7. The van der Waals surface area contributed by atoms with Crippen molar-refractivity contribution in [3.8, 4) is 0 Å². The Labute approximate surface area is 162 Å². The Morgan fingerprint density at radius 3 is 2.77 bits per heavy atom. The molecule has 2 aromatic heterocycles. The molecule has 0 radical (unpaired) electrons. The van der Waals surface area contributed by atoms with E-state index in [0.717, 1.165) is 18.5 Å². The lowest BCUT2D eigenvalue weighted by Gasteiger charge is -2.32. The number of quaternary nitrogens is 1. The lowest BCUT2D eigenvalue weighted by Crippen LogP contribution is -3.14. The molecular formula is C21H23N2OS2+. The highest BCUT2D eigenvalue weighted by atomic mass is 32.1. The molecule has 3 aromatic rings. The van der Waals surface area contributed by atoms with Crippen LogP contribution in [0, 0.1) is 0 Å². The van der Waals surface area contributed by atoms with E-state index in [1.54, 1.807) is 11.3 Å². The first kappa shape index (κ1) is 17.5. The molecule has 1 unspecified atom stereocenters. The Morgan fingerprint density at radius 1 is 1.15 bits per heavy atom. The molecule has 1 aliphatic rings. The number of amides is 1. The van der Waals surface area contributed by atoms with E-state index in [1.165, 1.54) is 20.2 Å². The van der Waals surface area contributed by atoms with Crippen LogP contribution in [0.5, 0.6) is 0 Å². The summed E-state index contributed by atoms with van der Waals surface area (Å²) in [7, 11) is 0. The van der Waals surface area contributed by atoms with Gasteiger partial charge in [0, 0.05) is 16.9 Å². The molecule has 5 heteroatoms. The minimum atomic E-state index is 0.0322. The smallest absolute Gasteiger partial charge is 0.275 e. The lowest BCUT2D eigenvalue weighted by atomic mass is 9.98. The molecule has 1 aromatic carbocycles. The molecule has 1 aliphatic heterocycles. The third-order valence-corrected chi connectivity index (χ3v) is 7.00. The van der Waals surface area contributed by atoms with Gasteiger partial charge in [0.25, 0.3) is 5.91 Å². The van der Waals surface area contributed by atoms with Crippen LogP contribution < -0.4 is 10.2 Å². The van der Waals surface area contributed by atoms with Crippen LogP contribution in [0.2, 0.25) is 0 Å². The van der Waals surface area contributed by atoms with Crippen LogP contribution in [0.1, 0.15) is 39.9 Å². The maximum atomic E-state index is 12.7. The van der Waals surface area contributed by atoms with Crippen molar-refractivity contribution >= 4 is 28.6 Å². The van der Waals surface area contributed by atoms with Gasteiger partial charge in [0.05, 0.1) is 17.5 Å². The molecular weight excluding hydrogens is 360 g/mol. The molecule has 0 saturated heterocycles. The zero-order valence-corrected chi connectivity index (χ0v) is 16.4. The van der Waals surface area contributed by atoms with E-state index in [2.05, 4.69) is 46.4 Å². The molecule has 2 N–H and O–H groups in total. The SMILES string of the molecule is C[C@@H](NC(=O)C[NH+]1CCc2sccc2[C@@H]1c1cccs1)c1ccccc1. The van der Waals surface area contributed by atoms with Gasteiger partial charge in [-0.1, -0.05) is 36.4 Å². The van der Waals surface area contributed by atoms with Crippen molar-refractivity contribution in [3.63, 3.8) is 0 Å². The van der Waals surface area contributed by atoms with E-state index < -0.39 is 0 Å². The number of hydrogen-bond acceptors (Lipinski definition) is 3. The third-order valence-electron chi connectivity index (χ3n) is 5.06. The highest BCUT2D eigenvalue weighted by Gasteiger charge is 2.35. The molecule has 4 rings (SSSR count). The molecule has 3 atom stereocenters. The topological polar surface area (TPSA) is 33.5 Å².